The lowest BCUT2D eigenvalue weighted by atomic mass is 10.1. The van der Waals surface area contributed by atoms with Gasteiger partial charge in [0.1, 0.15) is 11.5 Å². The lowest BCUT2D eigenvalue weighted by molar-refractivity contribution is 0.249. The molecule has 3 N–H and O–H groups in total. The van der Waals surface area contributed by atoms with E-state index in [9.17, 15) is 4.79 Å². The maximum atomic E-state index is 10.7. The molecule has 0 saturated heterocycles. The number of carbonyl (C=O) groups excluding carboxylic acids is 1. The number of urea groups is 1. The average Bonchev–Trinajstić information content (AvgIpc) is 2.51. The number of nitrogens with two attached hydrogens (primary N) is 1. The Hall–Kier alpha value is -2.53. The molecule has 22 heavy (non-hydrogen) atoms. The average molecular weight is 318 g/mol. The Kier molecular flexibility index (Phi) is 5.38. The van der Waals surface area contributed by atoms with Crippen LogP contribution in [0, 0.1) is 0 Å². The summed E-state index contributed by atoms with van der Waals surface area (Å²) in [6.07, 6.45) is 0.664. The summed E-state index contributed by atoms with van der Waals surface area (Å²) in [5, 5.41) is 4.63. The van der Waals surface area contributed by atoms with E-state index < -0.39 is 6.03 Å². The highest BCUT2D eigenvalue weighted by Crippen LogP contribution is 2.23. The molecule has 2 rings (SSSR count). The van der Waals surface area contributed by atoms with Gasteiger partial charge in [-0.15, -0.1) is 0 Å². The van der Waals surface area contributed by atoms with Crippen LogP contribution in [0.4, 0.5) is 4.79 Å². The monoisotopic (exact) mass is 317 g/mol. The summed E-state index contributed by atoms with van der Waals surface area (Å²) in [7, 11) is 0. The SMILES string of the molecule is CC/C(=N/NC(N)=O)c1ccc(Oc2ccc(Cl)cc2)cc1. The van der Waals surface area contributed by atoms with Crippen molar-refractivity contribution in [2.45, 2.75) is 13.3 Å². The van der Waals surface area contributed by atoms with E-state index in [-0.39, 0.29) is 0 Å². The summed E-state index contributed by atoms with van der Waals surface area (Å²) in [5.41, 5.74) is 8.87. The summed E-state index contributed by atoms with van der Waals surface area (Å²) in [5.74, 6) is 1.40. The number of hydrogen-bond donors (Lipinski definition) is 2. The van der Waals surface area contributed by atoms with E-state index in [0.717, 1.165) is 11.3 Å². The highest BCUT2D eigenvalue weighted by molar-refractivity contribution is 6.30. The van der Waals surface area contributed by atoms with Crippen LogP contribution in [-0.4, -0.2) is 11.7 Å². The van der Waals surface area contributed by atoms with E-state index in [1.54, 1.807) is 24.3 Å². The lowest BCUT2D eigenvalue weighted by Crippen LogP contribution is -2.25. The molecule has 2 aromatic carbocycles. The van der Waals surface area contributed by atoms with Crippen molar-refractivity contribution in [3.05, 3.63) is 59.1 Å². The second kappa shape index (κ2) is 7.47. The van der Waals surface area contributed by atoms with Crippen molar-refractivity contribution in [1.82, 2.24) is 5.43 Å². The van der Waals surface area contributed by atoms with E-state index in [4.69, 9.17) is 22.1 Å². The minimum absolute atomic E-state index is 0.661. The van der Waals surface area contributed by atoms with Crippen molar-refractivity contribution in [2.75, 3.05) is 0 Å². The van der Waals surface area contributed by atoms with Gasteiger partial charge in [0.15, 0.2) is 0 Å². The van der Waals surface area contributed by atoms with Crippen molar-refractivity contribution >= 4 is 23.3 Å². The van der Waals surface area contributed by atoms with E-state index in [1.165, 1.54) is 0 Å². The van der Waals surface area contributed by atoms with Crippen molar-refractivity contribution in [3.63, 3.8) is 0 Å². The fourth-order valence-corrected chi connectivity index (χ4v) is 1.95. The molecule has 2 aromatic rings. The fraction of sp³-hybridized carbons (Fsp3) is 0.125. The number of nitrogens with one attached hydrogen (secondary N) is 1. The zero-order chi connectivity index (χ0) is 15.9. The Morgan fingerprint density at radius 3 is 2.18 bits per heavy atom. The summed E-state index contributed by atoms with van der Waals surface area (Å²) in [6, 6.07) is 13.8. The maximum Gasteiger partial charge on any atom is 0.332 e. The van der Waals surface area contributed by atoms with Crippen LogP contribution in [-0.2, 0) is 0 Å². The molecule has 5 nitrogen and oxygen atoms in total. The van der Waals surface area contributed by atoms with Crippen LogP contribution in [0.3, 0.4) is 0 Å². The van der Waals surface area contributed by atoms with Crippen LogP contribution >= 0.6 is 11.6 Å². The van der Waals surface area contributed by atoms with Crippen LogP contribution in [0.15, 0.2) is 53.6 Å². The largest absolute Gasteiger partial charge is 0.457 e. The van der Waals surface area contributed by atoms with Gasteiger partial charge >= 0.3 is 6.03 Å². The molecule has 114 valence electrons. The second-order valence-electron chi connectivity index (χ2n) is 4.47. The number of nitrogens with zero attached hydrogens (tertiary/aromatic N) is 1. The minimum atomic E-state index is -0.686. The molecule has 0 aromatic heterocycles. The first kappa shape index (κ1) is 15.9. The molecule has 0 aliphatic heterocycles. The molecule has 0 fully saturated rings. The molecule has 0 heterocycles. The lowest BCUT2D eigenvalue weighted by Gasteiger charge is -2.08. The highest BCUT2D eigenvalue weighted by Gasteiger charge is 2.03. The molecule has 0 spiro atoms. The topological polar surface area (TPSA) is 76.7 Å². The van der Waals surface area contributed by atoms with Gasteiger partial charge in [-0.3, -0.25) is 0 Å². The van der Waals surface area contributed by atoms with Gasteiger partial charge in [0, 0.05) is 5.02 Å². The van der Waals surface area contributed by atoms with E-state index in [0.29, 0.717) is 22.9 Å². The smallest absolute Gasteiger partial charge is 0.332 e. The third-order valence-corrected chi connectivity index (χ3v) is 3.12. The molecule has 0 unspecified atom stereocenters. The number of hydrogen-bond acceptors (Lipinski definition) is 3. The fourth-order valence-electron chi connectivity index (χ4n) is 1.82. The molecule has 0 bridgehead atoms. The van der Waals surface area contributed by atoms with Crippen LogP contribution in [0.25, 0.3) is 0 Å². The molecule has 0 aliphatic carbocycles. The Labute approximate surface area is 133 Å². The normalized spacial score (nSPS) is 11.1. The molecule has 0 saturated carbocycles. The number of primary amides is 1. The minimum Gasteiger partial charge on any atom is -0.457 e. The Balaban J connectivity index is 2.10. The molecule has 0 atom stereocenters. The molecule has 6 heteroatoms. The van der Waals surface area contributed by atoms with E-state index in [1.807, 2.05) is 31.2 Å². The standard InChI is InChI=1S/C16H16ClN3O2/c1-2-15(19-20-16(18)21)11-3-7-13(8-4-11)22-14-9-5-12(17)6-10-14/h3-10H,2H2,1H3,(H3,18,20,21)/b19-15-. The van der Waals surface area contributed by atoms with Gasteiger partial charge in [0.05, 0.1) is 5.71 Å². The third-order valence-electron chi connectivity index (χ3n) is 2.87. The van der Waals surface area contributed by atoms with Gasteiger partial charge in [0.25, 0.3) is 0 Å². The number of hydrazone groups is 1. The first-order valence-electron chi connectivity index (χ1n) is 6.74. The van der Waals surface area contributed by atoms with E-state index >= 15 is 0 Å². The van der Waals surface area contributed by atoms with Gasteiger partial charge in [-0.1, -0.05) is 18.5 Å². The van der Waals surface area contributed by atoms with Gasteiger partial charge in [-0.2, -0.15) is 5.10 Å². The van der Waals surface area contributed by atoms with Crippen LogP contribution in [0.2, 0.25) is 5.02 Å². The molecular formula is C16H16ClN3O2. The first-order chi connectivity index (χ1) is 10.6. The van der Waals surface area contributed by atoms with Crippen molar-refractivity contribution in [1.29, 1.82) is 0 Å². The number of ether oxygens (including phenoxy) is 1. The molecular weight excluding hydrogens is 302 g/mol. The summed E-state index contributed by atoms with van der Waals surface area (Å²) in [6.45, 7) is 1.94. The van der Waals surface area contributed by atoms with Crippen LogP contribution in [0.1, 0.15) is 18.9 Å². The number of carbonyl (C=O) groups is 1. The van der Waals surface area contributed by atoms with Crippen molar-refractivity contribution in [2.24, 2.45) is 10.8 Å². The van der Waals surface area contributed by atoms with Crippen LogP contribution in [0.5, 0.6) is 11.5 Å². The summed E-state index contributed by atoms with van der Waals surface area (Å²) >= 11 is 5.83. The number of benzene rings is 2. The highest BCUT2D eigenvalue weighted by atomic mass is 35.5. The molecule has 0 aliphatic rings. The first-order valence-corrected chi connectivity index (χ1v) is 7.12. The van der Waals surface area contributed by atoms with E-state index in [2.05, 4.69) is 10.5 Å². The van der Waals surface area contributed by atoms with Gasteiger partial charge in [0.2, 0.25) is 0 Å². The third kappa shape index (κ3) is 4.49. The molecule has 0 radical (unpaired) electrons. The van der Waals surface area contributed by atoms with Crippen LogP contribution < -0.4 is 15.9 Å². The summed E-state index contributed by atoms with van der Waals surface area (Å²) < 4.78 is 5.71. The Morgan fingerprint density at radius 2 is 1.68 bits per heavy atom. The maximum absolute atomic E-state index is 10.7. The number of rotatable bonds is 5. The summed E-state index contributed by atoms with van der Waals surface area (Å²) in [4.78, 5) is 10.7. The zero-order valence-corrected chi connectivity index (χ0v) is 12.8. The van der Waals surface area contributed by atoms with Crippen molar-refractivity contribution < 1.29 is 9.53 Å². The predicted octanol–water partition coefficient (Wildman–Crippen LogP) is 3.91. The quantitative estimate of drug-likeness (QED) is 0.647. The molecule has 2 amide bonds. The van der Waals surface area contributed by atoms with Gasteiger partial charge < -0.3 is 10.5 Å². The number of amides is 2. The second-order valence-corrected chi connectivity index (χ2v) is 4.90. The van der Waals surface area contributed by atoms with Crippen molar-refractivity contribution in [3.8, 4) is 11.5 Å². The Morgan fingerprint density at radius 1 is 1.14 bits per heavy atom. The van der Waals surface area contributed by atoms with Gasteiger partial charge in [-0.25, -0.2) is 10.2 Å². The number of halogens is 1. The Bertz CT molecular complexity index is 667. The zero-order valence-electron chi connectivity index (χ0n) is 12.0. The predicted molar refractivity (Wildman–Crippen MR) is 87.5 cm³/mol. The van der Waals surface area contributed by atoms with Gasteiger partial charge in [-0.05, 0) is 60.5 Å².